The Kier molecular flexibility index (Phi) is 21.2. The fourth-order valence-electron chi connectivity index (χ4n) is 2.04. The molecule has 0 atom stereocenters. The van der Waals surface area contributed by atoms with Crippen molar-refractivity contribution in [2.45, 2.75) is 65.7 Å². The van der Waals surface area contributed by atoms with Gasteiger partial charge in [-0.3, -0.25) is 0 Å². The smallest absolute Gasteiger partial charge is 1.00 e. The molecule has 0 bridgehead atoms. The standard InChI is InChI=1S/C15H24O4S.C4H10O.Na.H/c1-2-3-4-5-6-7-11-14-18-20(16,17)19-15-12-9-8-10-13-15;1-3-5-4-2;;/h8-10,12-13H,2-7,11,14H2,1H3;3-4H2,1-2H3;;/q;;+1;-1. The average molecular weight is 399 g/mol. The third-order valence-corrected chi connectivity index (χ3v) is 4.18. The molecule has 0 fully saturated rings. The first kappa shape index (κ1) is 28.1. The normalized spacial score (nSPS) is 10.4. The first-order valence-electron chi connectivity index (χ1n) is 9.27. The van der Waals surface area contributed by atoms with Gasteiger partial charge in [0.1, 0.15) is 5.75 Å². The Balaban J connectivity index is -0.000000729. The van der Waals surface area contributed by atoms with Gasteiger partial charge in [-0.2, -0.15) is 8.42 Å². The molecule has 1 rings (SSSR count). The summed E-state index contributed by atoms with van der Waals surface area (Å²) in [6.45, 7) is 8.04. The van der Waals surface area contributed by atoms with Crippen molar-refractivity contribution in [1.29, 1.82) is 0 Å². The molecule has 148 valence electrons. The molecule has 5 nitrogen and oxygen atoms in total. The Bertz CT molecular complexity index is 498. The fourth-order valence-corrected chi connectivity index (χ4v) is 2.76. The summed E-state index contributed by atoms with van der Waals surface area (Å²) < 4.78 is 37.5. The van der Waals surface area contributed by atoms with E-state index < -0.39 is 10.4 Å². The molecule has 0 aliphatic rings. The van der Waals surface area contributed by atoms with Crippen molar-refractivity contribution >= 4 is 10.4 Å². The molecule has 1 aromatic rings. The van der Waals surface area contributed by atoms with Crippen molar-refractivity contribution in [1.82, 2.24) is 0 Å². The second-order valence-corrected chi connectivity index (χ2v) is 6.75. The summed E-state index contributed by atoms with van der Waals surface area (Å²) in [5.74, 6) is 0.270. The molecule has 0 aromatic heterocycles. The zero-order valence-corrected chi connectivity index (χ0v) is 19.7. The van der Waals surface area contributed by atoms with Crippen LogP contribution in [0.25, 0.3) is 0 Å². The van der Waals surface area contributed by atoms with E-state index in [1.54, 1.807) is 30.3 Å². The molecular weight excluding hydrogens is 363 g/mol. The topological polar surface area (TPSA) is 61.8 Å². The summed E-state index contributed by atoms with van der Waals surface area (Å²) >= 11 is 0. The summed E-state index contributed by atoms with van der Waals surface area (Å²) in [6, 6.07) is 8.37. The van der Waals surface area contributed by atoms with E-state index in [0.717, 1.165) is 32.5 Å². The largest absolute Gasteiger partial charge is 1.00 e. The molecule has 0 radical (unpaired) electrons. The van der Waals surface area contributed by atoms with Gasteiger partial charge in [0.25, 0.3) is 0 Å². The summed E-state index contributed by atoms with van der Waals surface area (Å²) in [4.78, 5) is 0. The van der Waals surface area contributed by atoms with Crippen LogP contribution in [0.15, 0.2) is 30.3 Å². The van der Waals surface area contributed by atoms with Gasteiger partial charge in [0.15, 0.2) is 0 Å². The molecule has 1 aromatic carbocycles. The Morgan fingerprint density at radius 1 is 0.846 bits per heavy atom. The third kappa shape index (κ3) is 18.7. The fraction of sp³-hybridized carbons (Fsp3) is 0.684. The number of benzene rings is 1. The second kappa shape index (κ2) is 19.6. The van der Waals surface area contributed by atoms with Crippen molar-refractivity contribution < 1.29 is 52.5 Å². The molecule has 7 heteroatoms. The van der Waals surface area contributed by atoms with Crippen LogP contribution in [0.4, 0.5) is 0 Å². The minimum atomic E-state index is -3.94. The molecule has 0 saturated heterocycles. The predicted octanol–water partition coefficient (Wildman–Crippen LogP) is 2.24. The van der Waals surface area contributed by atoms with Crippen molar-refractivity contribution in [3.8, 4) is 5.75 Å². The van der Waals surface area contributed by atoms with Crippen molar-refractivity contribution in [2.24, 2.45) is 0 Å². The van der Waals surface area contributed by atoms with E-state index in [9.17, 15) is 8.42 Å². The number of unbranched alkanes of at least 4 members (excludes halogenated alkanes) is 6. The Hall–Kier alpha value is -0.110. The van der Waals surface area contributed by atoms with Crippen LogP contribution in [0.3, 0.4) is 0 Å². The monoisotopic (exact) mass is 398 g/mol. The SMILES string of the molecule is CCCCCCCCCOS(=O)(=O)Oc1ccccc1.CCOCC.[H-].[Na+]. The minimum absolute atomic E-state index is 0. The Morgan fingerprint density at radius 2 is 1.38 bits per heavy atom. The molecule has 0 aliphatic heterocycles. The molecule has 26 heavy (non-hydrogen) atoms. The van der Waals surface area contributed by atoms with Crippen LogP contribution in [0.5, 0.6) is 5.75 Å². The zero-order valence-electron chi connectivity index (χ0n) is 17.9. The molecule has 0 spiro atoms. The number of para-hydroxylation sites is 1. The Morgan fingerprint density at radius 3 is 1.88 bits per heavy atom. The van der Waals surface area contributed by atoms with Crippen LogP contribution >= 0.6 is 0 Å². The first-order chi connectivity index (χ1) is 12.1. The van der Waals surface area contributed by atoms with E-state index in [0.29, 0.717) is 0 Å². The number of hydrogen-bond acceptors (Lipinski definition) is 5. The second-order valence-electron chi connectivity index (χ2n) is 5.53. The molecular formula is C19H35NaO5S. The molecule has 0 unspecified atom stereocenters. The summed E-state index contributed by atoms with van der Waals surface area (Å²) in [5.41, 5.74) is 0. The number of ether oxygens (including phenoxy) is 1. The van der Waals surface area contributed by atoms with Crippen LogP contribution in [0, 0.1) is 0 Å². The van der Waals surface area contributed by atoms with Crippen molar-refractivity contribution in [3.63, 3.8) is 0 Å². The molecule has 0 N–H and O–H groups in total. The third-order valence-electron chi connectivity index (χ3n) is 3.33. The van der Waals surface area contributed by atoms with Crippen LogP contribution in [0.1, 0.15) is 67.1 Å². The zero-order chi connectivity index (χ0) is 18.8. The average Bonchev–Trinajstić information content (AvgIpc) is 2.59. The summed E-state index contributed by atoms with van der Waals surface area (Å²) in [5, 5.41) is 0. The van der Waals surface area contributed by atoms with Crippen LogP contribution < -0.4 is 33.7 Å². The van der Waals surface area contributed by atoms with Gasteiger partial charge in [-0.1, -0.05) is 63.6 Å². The van der Waals surface area contributed by atoms with E-state index >= 15 is 0 Å². The van der Waals surface area contributed by atoms with Gasteiger partial charge < -0.3 is 10.3 Å². The van der Waals surface area contributed by atoms with Crippen LogP contribution in [0.2, 0.25) is 0 Å². The molecule has 0 saturated carbocycles. The van der Waals surface area contributed by atoms with E-state index in [2.05, 4.69) is 6.92 Å². The van der Waals surface area contributed by atoms with E-state index in [1.165, 1.54) is 25.7 Å². The summed E-state index contributed by atoms with van der Waals surface area (Å²) in [7, 11) is -3.94. The van der Waals surface area contributed by atoms with Crippen molar-refractivity contribution in [3.05, 3.63) is 30.3 Å². The molecule has 0 amide bonds. The first-order valence-corrected chi connectivity index (χ1v) is 10.6. The van der Waals surface area contributed by atoms with E-state index in [1.807, 2.05) is 13.8 Å². The van der Waals surface area contributed by atoms with Gasteiger partial charge in [-0.15, -0.1) is 0 Å². The van der Waals surface area contributed by atoms with Gasteiger partial charge >= 0.3 is 40.0 Å². The van der Waals surface area contributed by atoms with Gasteiger partial charge in [0.2, 0.25) is 0 Å². The number of rotatable bonds is 13. The van der Waals surface area contributed by atoms with E-state index in [-0.39, 0.29) is 43.3 Å². The van der Waals surface area contributed by atoms with Gasteiger partial charge in [-0.05, 0) is 32.4 Å². The van der Waals surface area contributed by atoms with Gasteiger partial charge in [0.05, 0.1) is 6.61 Å². The van der Waals surface area contributed by atoms with Gasteiger partial charge in [0, 0.05) is 13.2 Å². The maximum absolute atomic E-state index is 11.5. The summed E-state index contributed by atoms with van der Waals surface area (Å²) in [6.07, 6.45) is 7.83. The number of hydrogen-bond donors (Lipinski definition) is 0. The van der Waals surface area contributed by atoms with Crippen LogP contribution in [-0.4, -0.2) is 28.2 Å². The molecule has 0 aliphatic carbocycles. The molecule has 0 heterocycles. The predicted molar refractivity (Wildman–Crippen MR) is 103 cm³/mol. The Labute approximate surface area is 183 Å². The maximum Gasteiger partial charge on any atom is 1.00 e. The maximum atomic E-state index is 11.5. The van der Waals surface area contributed by atoms with E-state index in [4.69, 9.17) is 13.1 Å². The van der Waals surface area contributed by atoms with Gasteiger partial charge in [-0.25, -0.2) is 4.18 Å². The minimum Gasteiger partial charge on any atom is -1.00 e. The van der Waals surface area contributed by atoms with Crippen LogP contribution in [-0.2, 0) is 19.3 Å². The quantitative estimate of drug-likeness (QED) is 0.377. The van der Waals surface area contributed by atoms with Crippen molar-refractivity contribution in [2.75, 3.05) is 19.8 Å².